The summed E-state index contributed by atoms with van der Waals surface area (Å²) in [6.07, 6.45) is 4.07. The average molecular weight is 396 g/mol. The third kappa shape index (κ3) is 5.41. The van der Waals surface area contributed by atoms with Crippen LogP contribution in [-0.4, -0.2) is 53.3 Å². The molecule has 0 unspecified atom stereocenters. The number of pyridine rings is 1. The fourth-order valence-corrected chi connectivity index (χ4v) is 4.19. The summed E-state index contributed by atoms with van der Waals surface area (Å²) in [5.41, 5.74) is 4.18. The van der Waals surface area contributed by atoms with E-state index in [1.165, 1.54) is 11.1 Å². The van der Waals surface area contributed by atoms with Gasteiger partial charge in [0.2, 0.25) is 0 Å². The summed E-state index contributed by atoms with van der Waals surface area (Å²) >= 11 is 0. The van der Waals surface area contributed by atoms with Crippen molar-refractivity contribution in [2.45, 2.75) is 38.5 Å². The van der Waals surface area contributed by atoms with Crippen molar-refractivity contribution in [2.24, 2.45) is 5.92 Å². The molecular weight excluding hydrogens is 366 g/mol. The maximum atomic E-state index is 12.5. The van der Waals surface area contributed by atoms with Crippen molar-refractivity contribution in [2.75, 3.05) is 26.3 Å². The van der Waals surface area contributed by atoms with E-state index >= 15 is 0 Å². The quantitative estimate of drug-likeness (QED) is 0.752. The minimum Gasteiger partial charge on any atom is -0.390 e. The first-order valence-electron chi connectivity index (χ1n) is 10.5. The van der Waals surface area contributed by atoms with E-state index in [1.807, 2.05) is 18.2 Å². The Morgan fingerprint density at radius 3 is 2.66 bits per heavy atom. The van der Waals surface area contributed by atoms with Gasteiger partial charge >= 0.3 is 0 Å². The summed E-state index contributed by atoms with van der Waals surface area (Å²) in [5.74, 6) is 0.408. The van der Waals surface area contributed by atoms with E-state index in [0.717, 1.165) is 51.3 Å². The van der Waals surface area contributed by atoms with Gasteiger partial charge in [0, 0.05) is 56.8 Å². The monoisotopic (exact) mass is 395 g/mol. The number of β-amino-alcohol motifs (C(OH)–C–C–N with tert-alkyl or cyclic N) is 1. The van der Waals surface area contributed by atoms with E-state index in [9.17, 15) is 9.90 Å². The number of ether oxygens (including phenoxy) is 1. The van der Waals surface area contributed by atoms with Crippen molar-refractivity contribution >= 4 is 5.91 Å². The van der Waals surface area contributed by atoms with E-state index in [0.29, 0.717) is 18.0 Å². The zero-order chi connectivity index (χ0) is 20.1. The highest BCUT2D eigenvalue weighted by Gasteiger charge is 2.21. The van der Waals surface area contributed by atoms with Gasteiger partial charge in [0.15, 0.2) is 0 Å². The number of fused-ring (bicyclic) bond motifs is 1. The van der Waals surface area contributed by atoms with Gasteiger partial charge in [-0.1, -0.05) is 24.3 Å². The van der Waals surface area contributed by atoms with E-state index in [-0.39, 0.29) is 12.5 Å². The largest absolute Gasteiger partial charge is 0.390 e. The number of carbonyl (C=O) groups excluding carboxylic acids is 1. The van der Waals surface area contributed by atoms with Gasteiger partial charge in [-0.25, -0.2) is 0 Å². The average Bonchev–Trinajstić information content (AvgIpc) is 3.15. The molecule has 1 aromatic carbocycles. The molecule has 0 bridgehead atoms. The standard InChI is InChI=1S/C23H29N3O3/c27-22(16-26-14-19-3-1-2-4-20(19)15-26)13-25-23(28)18-5-8-24-21(12-18)11-17-6-9-29-10-7-17/h1-5,8,12,17,22,27H,6-7,9-11,13-16H2,(H,25,28)/t22-/m0/s1. The van der Waals surface area contributed by atoms with Gasteiger partial charge < -0.3 is 15.2 Å². The van der Waals surface area contributed by atoms with Gasteiger partial charge in [-0.05, 0) is 48.4 Å². The second-order valence-electron chi connectivity index (χ2n) is 8.10. The lowest BCUT2D eigenvalue weighted by Gasteiger charge is -2.21. The van der Waals surface area contributed by atoms with Crippen molar-refractivity contribution in [1.82, 2.24) is 15.2 Å². The first kappa shape index (κ1) is 20.0. The predicted molar refractivity (Wildman–Crippen MR) is 110 cm³/mol. The van der Waals surface area contributed by atoms with Crippen LogP contribution in [0.4, 0.5) is 0 Å². The van der Waals surface area contributed by atoms with Crippen molar-refractivity contribution in [3.63, 3.8) is 0 Å². The molecular formula is C23H29N3O3. The molecule has 2 N–H and O–H groups in total. The van der Waals surface area contributed by atoms with Crippen LogP contribution >= 0.6 is 0 Å². The summed E-state index contributed by atoms with van der Waals surface area (Å²) in [6, 6.07) is 11.9. The molecule has 1 atom stereocenters. The van der Waals surface area contributed by atoms with Crippen molar-refractivity contribution in [1.29, 1.82) is 0 Å². The van der Waals surface area contributed by atoms with Crippen LogP contribution in [0, 0.1) is 5.92 Å². The lowest BCUT2D eigenvalue weighted by Crippen LogP contribution is -2.38. The number of aromatic nitrogens is 1. The highest BCUT2D eigenvalue weighted by molar-refractivity contribution is 5.94. The molecule has 1 saturated heterocycles. The smallest absolute Gasteiger partial charge is 0.251 e. The van der Waals surface area contributed by atoms with Crippen LogP contribution in [-0.2, 0) is 24.2 Å². The highest BCUT2D eigenvalue weighted by Crippen LogP contribution is 2.22. The molecule has 1 amide bonds. The molecule has 2 aliphatic rings. The maximum Gasteiger partial charge on any atom is 0.251 e. The van der Waals surface area contributed by atoms with Crippen molar-refractivity contribution < 1.29 is 14.6 Å². The predicted octanol–water partition coefficient (Wildman–Crippen LogP) is 2.16. The molecule has 1 fully saturated rings. The Labute approximate surface area is 171 Å². The fourth-order valence-electron chi connectivity index (χ4n) is 4.19. The van der Waals surface area contributed by atoms with E-state index in [4.69, 9.17) is 4.74 Å². The normalized spacial score (nSPS) is 18.4. The van der Waals surface area contributed by atoms with Gasteiger partial charge in [0.1, 0.15) is 0 Å². The first-order valence-corrected chi connectivity index (χ1v) is 10.5. The Morgan fingerprint density at radius 2 is 1.93 bits per heavy atom. The fraction of sp³-hybridized carbons (Fsp3) is 0.478. The Kier molecular flexibility index (Phi) is 6.54. The van der Waals surface area contributed by atoms with Crippen molar-refractivity contribution in [3.8, 4) is 0 Å². The van der Waals surface area contributed by atoms with Gasteiger partial charge in [0.05, 0.1) is 6.10 Å². The van der Waals surface area contributed by atoms with E-state index < -0.39 is 6.10 Å². The van der Waals surface area contributed by atoms with Crippen LogP contribution < -0.4 is 5.32 Å². The molecule has 3 heterocycles. The number of carbonyl (C=O) groups is 1. The number of rotatable bonds is 7. The maximum absolute atomic E-state index is 12.5. The molecule has 0 radical (unpaired) electrons. The van der Waals surface area contributed by atoms with Crippen LogP contribution in [0.25, 0.3) is 0 Å². The van der Waals surface area contributed by atoms with Crippen LogP contribution in [0.15, 0.2) is 42.6 Å². The third-order valence-electron chi connectivity index (χ3n) is 5.79. The number of aliphatic hydroxyl groups excluding tert-OH is 1. The number of nitrogens with one attached hydrogen (secondary N) is 1. The van der Waals surface area contributed by atoms with Gasteiger partial charge in [0.25, 0.3) is 5.91 Å². The topological polar surface area (TPSA) is 74.7 Å². The zero-order valence-electron chi connectivity index (χ0n) is 16.7. The van der Waals surface area contributed by atoms with Crippen LogP contribution in [0.3, 0.4) is 0 Å². The molecule has 4 rings (SSSR count). The Bertz CT molecular complexity index is 811. The Hall–Kier alpha value is -2.28. The second kappa shape index (κ2) is 9.48. The molecule has 0 saturated carbocycles. The molecule has 2 aliphatic heterocycles. The summed E-state index contributed by atoms with van der Waals surface area (Å²) in [5, 5.41) is 13.2. The van der Waals surface area contributed by atoms with E-state index in [2.05, 4.69) is 27.3 Å². The minimum absolute atomic E-state index is 0.163. The molecule has 0 spiro atoms. The Morgan fingerprint density at radius 1 is 1.21 bits per heavy atom. The van der Waals surface area contributed by atoms with Gasteiger partial charge in [-0.3, -0.25) is 14.7 Å². The van der Waals surface area contributed by atoms with Crippen LogP contribution in [0.1, 0.15) is 40.0 Å². The lowest BCUT2D eigenvalue weighted by molar-refractivity contribution is 0.0662. The Balaban J connectivity index is 1.24. The van der Waals surface area contributed by atoms with Gasteiger partial charge in [-0.15, -0.1) is 0 Å². The van der Waals surface area contributed by atoms with Crippen LogP contribution in [0.2, 0.25) is 0 Å². The minimum atomic E-state index is -0.600. The lowest BCUT2D eigenvalue weighted by atomic mass is 9.94. The molecule has 29 heavy (non-hydrogen) atoms. The summed E-state index contributed by atoms with van der Waals surface area (Å²) < 4.78 is 5.41. The van der Waals surface area contributed by atoms with Gasteiger partial charge in [-0.2, -0.15) is 0 Å². The second-order valence-corrected chi connectivity index (χ2v) is 8.10. The molecule has 6 nitrogen and oxygen atoms in total. The van der Waals surface area contributed by atoms with Crippen LogP contribution in [0.5, 0.6) is 0 Å². The zero-order valence-corrected chi connectivity index (χ0v) is 16.7. The number of amides is 1. The summed E-state index contributed by atoms with van der Waals surface area (Å²) in [4.78, 5) is 19.2. The third-order valence-corrected chi connectivity index (χ3v) is 5.79. The molecule has 2 aromatic rings. The summed E-state index contributed by atoms with van der Waals surface area (Å²) in [7, 11) is 0. The molecule has 1 aromatic heterocycles. The molecule has 154 valence electrons. The number of hydrogen-bond acceptors (Lipinski definition) is 5. The first-order chi connectivity index (χ1) is 14.2. The molecule has 6 heteroatoms. The number of hydrogen-bond donors (Lipinski definition) is 2. The highest BCUT2D eigenvalue weighted by atomic mass is 16.5. The van der Waals surface area contributed by atoms with Crippen molar-refractivity contribution in [3.05, 3.63) is 65.0 Å². The summed E-state index contributed by atoms with van der Waals surface area (Å²) in [6.45, 7) is 4.10. The number of nitrogens with zero attached hydrogens (tertiary/aromatic N) is 2. The van der Waals surface area contributed by atoms with E-state index in [1.54, 1.807) is 12.3 Å². The number of benzene rings is 1. The number of aliphatic hydroxyl groups is 1. The molecule has 0 aliphatic carbocycles. The SMILES string of the molecule is O=C(NC[C@H](O)CN1Cc2ccccc2C1)c1ccnc(CC2CCOCC2)c1.